The summed E-state index contributed by atoms with van der Waals surface area (Å²) in [5.41, 5.74) is 4.70. The second kappa shape index (κ2) is 7.46. The van der Waals surface area contributed by atoms with E-state index in [0.29, 0.717) is 12.1 Å². The van der Waals surface area contributed by atoms with Crippen LogP contribution in [-0.4, -0.2) is 24.9 Å². The van der Waals surface area contributed by atoms with Gasteiger partial charge in [0.2, 0.25) is 5.91 Å². The Balaban J connectivity index is 1.42. The fourth-order valence-electron chi connectivity index (χ4n) is 3.42. The first-order valence-corrected chi connectivity index (χ1v) is 9.04. The predicted molar refractivity (Wildman–Crippen MR) is 107 cm³/mol. The largest absolute Gasteiger partial charge is 0.343 e. The van der Waals surface area contributed by atoms with Gasteiger partial charge in [-0.1, -0.05) is 60.7 Å². The molecule has 0 atom stereocenters. The number of para-hydroxylation sites is 1. The molecular formula is C23H20N2O2. The van der Waals surface area contributed by atoms with Crippen LogP contribution in [0.3, 0.4) is 0 Å². The van der Waals surface area contributed by atoms with E-state index in [2.05, 4.69) is 5.32 Å². The monoisotopic (exact) mass is 356 g/mol. The van der Waals surface area contributed by atoms with Crippen molar-refractivity contribution in [3.8, 4) is 11.1 Å². The predicted octanol–water partition coefficient (Wildman–Crippen LogP) is 3.67. The number of hydrogen-bond donors (Lipinski definition) is 1. The van der Waals surface area contributed by atoms with Crippen LogP contribution in [0.25, 0.3) is 11.1 Å². The van der Waals surface area contributed by atoms with Gasteiger partial charge in [0.05, 0.1) is 6.54 Å². The van der Waals surface area contributed by atoms with Crippen LogP contribution >= 0.6 is 0 Å². The molecule has 3 aromatic rings. The van der Waals surface area contributed by atoms with Crippen LogP contribution in [0.15, 0.2) is 78.9 Å². The summed E-state index contributed by atoms with van der Waals surface area (Å²) >= 11 is 0. The molecule has 0 aromatic heterocycles. The fourth-order valence-corrected chi connectivity index (χ4v) is 3.42. The number of nitrogens with one attached hydrogen (secondary N) is 1. The summed E-state index contributed by atoms with van der Waals surface area (Å²) in [6.07, 6.45) is 0.856. The molecule has 0 spiro atoms. The van der Waals surface area contributed by atoms with Gasteiger partial charge in [-0.05, 0) is 41.3 Å². The Kier molecular flexibility index (Phi) is 4.71. The average molecular weight is 356 g/mol. The molecule has 0 bridgehead atoms. The standard InChI is InChI=1S/C23H20N2O2/c26-22(25-14-13-18-9-4-5-12-21(18)25)16-24-23(27)20-11-6-10-19(15-20)17-7-2-1-3-8-17/h1-12,15H,13-14,16H2,(H,24,27). The molecule has 4 rings (SSSR count). The third-order valence-corrected chi connectivity index (χ3v) is 4.82. The Hall–Kier alpha value is -3.40. The zero-order valence-corrected chi connectivity index (χ0v) is 14.9. The lowest BCUT2D eigenvalue weighted by atomic mass is 10.0. The van der Waals surface area contributed by atoms with Crippen LogP contribution in [0.1, 0.15) is 15.9 Å². The molecule has 4 heteroatoms. The van der Waals surface area contributed by atoms with Gasteiger partial charge in [0.1, 0.15) is 0 Å². The zero-order chi connectivity index (χ0) is 18.6. The lowest BCUT2D eigenvalue weighted by molar-refractivity contribution is -0.117. The zero-order valence-electron chi connectivity index (χ0n) is 14.9. The van der Waals surface area contributed by atoms with E-state index in [1.165, 1.54) is 5.56 Å². The highest BCUT2D eigenvalue weighted by Crippen LogP contribution is 2.27. The van der Waals surface area contributed by atoms with Crippen molar-refractivity contribution >= 4 is 17.5 Å². The van der Waals surface area contributed by atoms with Gasteiger partial charge in [-0.25, -0.2) is 0 Å². The Morgan fingerprint density at radius 2 is 1.59 bits per heavy atom. The van der Waals surface area contributed by atoms with E-state index >= 15 is 0 Å². The van der Waals surface area contributed by atoms with Crippen molar-refractivity contribution in [1.29, 1.82) is 0 Å². The minimum absolute atomic E-state index is 0.0112. The number of hydrogen-bond acceptors (Lipinski definition) is 2. The molecule has 0 unspecified atom stereocenters. The summed E-state index contributed by atoms with van der Waals surface area (Å²) in [6, 6.07) is 25.2. The van der Waals surface area contributed by atoms with Crippen LogP contribution in [-0.2, 0) is 11.2 Å². The number of benzene rings is 3. The molecule has 2 amide bonds. The first kappa shape index (κ1) is 17.0. The first-order valence-electron chi connectivity index (χ1n) is 9.04. The molecule has 1 aliphatic heterocycles. The highest BCUT2D eigenvalue weighted by Gasteiger charge is 2.24. The quantitative estimate of drug-likeness (QED) is 0.775. The minimum Gasteiger partial charge on any atom is -0.343 e. The Labute approximate surface area is 158 Å². The molecule has 0 fully saturated rings. The van der Waals surface area contributed by atoms with Crippen LogP contribution in [0.5, 0.6) is 0 Å². The molecule has 0 saturated carbocycles. The van der Waals surface area contributed by atoms with E-state index in [-0.39, 0.29) is 18.4 Å². The number of fused-ring (bicyclic) bond motifs is 1. The van der Waals surface area contributed by atoms with Crippen molar-refractivity contribution in [2.75, 3.05) is 18.0 Å². The van der Waals surface area contributed by atoms with Crippen molar-refractivity contribution in [3.63, 3.8) is 0 Å². The molecule has 0 aliphatic carbocycles. The number of anilines is 1. The maximum absolute atomic E-state index is 12.5. The van der Waals surface area contributed by atoms with E-state index in [4.69, 9.17) is 0 Å². The number of rotatable bonds is 4. The highest BCUT2D eigenvalue weighted by molar-refractivity contribution is 6.01. The second-order valence-corrected chi connectivity index (χ2v) is 6.55. The molecule has 27 heavy (non-hydrogen) atoms. The van der Waals surface area contributed by atoms with Gasteiger partial charge in [-0.2, -0.15) is 0 Å². The van der Waals surface area contributed by atoms with Gasteiger partial charge in [-0.15, -0.1) is 0 Å². The van der Waals surface area contributed by atoms with Gasteiger partial charge < -0.3 is 10.2 Å². The molecule has 134 valence electrons. The second-order valence-electron chi connectivity index (χ2n) is 6.55. The van der Waals surface area contributed by atoms with Gasteiger partial charge in [0.25, 0.3) is 5.91 Å². The minimum atomic E-state index is -0.242. The number of nitrogens with zero attached hydrogens (tertiary/aromatic N) is 1. The fraction of sp³-hybridized carbons (Fsp3) is 0.130. The van der Waals surface area contributed by atoms with Crippen LogP contribution in [0.2, 0.25) is 0 Å². The maximum atomic E-state index is 12.5. The highest BCUT2D eigenvalue weighted by atomic mass is 16.2. The summed E-state index contributed by atoms with van der Waals surface area (Å²) in [6.45, 7) is 0.653. The van der Waals surface area contributed by atoms with Crippen molar-refractivity contribution < 1.29 is 9.59 Å². The summed E-state index contributed by atoms with van der Waals surface area (Å²) in [5.74, 6) is -0.332. The van der Waals surface area contributed by atoms with Crippen molar-refractivity contribution in [1.82, 2.24) is 5.32 Å². The van der Waals surface area contributed by atoms with Gasteiger partial charge in [0.15, 0.2) is 0 Å². The molecule has 4 nitrogen and oxygen atoms in total. The molecule has 3 aromatic carbocycles. The summed E-state index contributed by atoms with van der Waals surface area (Å²) < 4.78 is 0. The average Bonchev–Trinajstić information content (AvgIpc) is 3.17. The number of carbonyl (C=O) groups excluding carboxylic acids is 2. The molecule has 1 aliphatic rings. The Bertz CT molecular complexity index is 982. The van der Waals surface area contributed by atoms with E-state index in [1.54, 1.807) is 11.0 Å². The normalized spacial score (nSPS) is 12.5. The van der Waals surface area contributed by atoms with Gasteiger partial charge >= 0.3 is 0 Å². The third-order valence-electron chi connectivity index (χ3n) is 4.82. The van der Waals surface area contributed by atoms with Crippen LogP contribution in [0, 0.1) is 0 Å². The molecular weight excluding hydrogens is 336 g/mol. The van der Waals surface area contributed by atoms with Crippen molar-refractivity contribution in [3.05, 3.63) is 90.0 Å². The topological polar surface area (TPSA) is 49.4 Å². The van der Waals surface area contributed by atoms with E-state index in [1.807, 2.05) is 72.8 Å². The Morgan fingerprint density at radius 1 is 0.852 bits per heavy atom. The molecule has 1 heterocycles. The van der Waals surface area contributed by atoms with Crippen LogP contribution in [0.4, 0.5) is 5.69 Å². The number of amides is 2. The van der Waals surface area contributed by atoms with Crippen molar-refractivity contribution in [2.45, 2.75) is 6.42 Å². The number of carbonyl (C=O) groups is 2. The SMILES string of the molecule is O=C(NCC(=O)N1CCc2ccccc21)c1cccc(-c2ccccc2)c1. The van der Waals surface area contributed by atoms with E-state index in [9.17, 15) is 9.59 Å². The molecule has 0 radical (unpaired) electrons. The third kappa shape index (κ3) is 3.60. The smallest absolute Gasteiger partial charge is 0.251 e. The first-order chi connectivity index (χ1) is 13.2. The van der Waals surface area contributed by atoms with Crippen LogP contribution < -0.4 is 10.2 Å². The lowest BCUT2D eigenvalue weighted by Gasteiger charge is -2.17. The molecule has 1 N–H and O–H groups in total. The Morgan fingerprint density at radius 3 is 2.44 bits per heavy atom. The summed E-state index contributed by atoms with van der Waals surface area (Å²) in [4.78, 5) is 26.8. The maximum Gasteiger partial charge on any atom is 0.251 e. The van der Waals surface area contributed by atoms with Crippen molar-refractivity contribution in [2.24, 2.45) is 0 Å². The van der Waals surface area contributed by atoms with E-state index < -0.39 is 0 Å². The van der Waals surface area contributed by atoms with Gasteiger partial charge in [-0.3, -0.25) is 9.59 Å². The molecule has 0 saturated heterocycles. The van der Waals surface area contributed by atoms with E-state index in [0.717, 1.165) is 23.2 Å². The summed E-state index contributed by atoms with van der Waals surface area (Å²) in [7, 11) is 0. The summed E-state index contributed by atoms with van der Waals surface area (Å²) in [5, 5.41) is 2.75. The lowest BCUT2D eigenvalue weighted by Crippen LogP contribution is -2.39. The van der Waals surface area contributed by atoms with Gasteiger partial charge in [0, 0.05) is 17.8 Å².